The van der Waals surface area contributed by atoms with Crippen LogP contribution in [-0.4, -0.2) is 47.5 Å². The van der Waals surface area contributed by atoms with Crippen molar-refractivity contribution in [1.29, 1.82) is 0 Å². The molecule has 18 heavy (non-hydrogen) atoms. The van der Waals surface area contributed by atoms with Gasteiger partial charge in [-0.3, -0.25) is 14.9 Å². The number of imide groups is 1. The highest BCUT2D eigenvalue weighted by Crippen LogP contribution is 2.20. The van der Waals surface area contributed by atoms with E-state index in [1.54, 1.807) is 0 Å². The smallest absolute Gasteiger partial charge is 0.318 e. The molecular formula is C11H19N3O4. The molecule has 1 saturated heterocycles. The van der Waals surface area contributed by atoms with E-state index in [0.717, 1.165) is 19.5 Å². The van der Waals surface area contributed by atoms with Gasteiger partial charge >= 0.3 is 12.0 Å². The van der Waals surface area contributed by atoms with Gasteiger partial charge in [-0.1, -0.05) is 0 Å². The van der Waals surface area contributed by atoms with E-state index < -0.39 is 12.0 Å². The normalized spacial score (nSPS) is 19.7. The Morgan fingerprint density at radius 3 is 2.67 bits per heavy atom. The molecule has 0 bridgehead atoms. The van der Waals surface area contributed by atoms with Crippen molar-refractivity contribution in [2.24, 2.45) is 11.7 Å². The number of rotatable bonds is 6. The summed E-state index contributed by atoms with van der Waals surface area (Å²) >= 11 is 0. The second-order valence-corrected chi connectivity index (χ2v) is 4.55. The monoisotopic (exact) mass is 257 g/mol. The zero-order chi connectivity index (χ0) is 13.5. The predicted octanol–water partition coefficient (Wildman–Crippen LogP) is -0.242. The molecule has 1 heterocycles. The van der Waals surface area contributed by atoms with Gasteiger partial charge in [-0.25, -0.2) is 4.79 Å². The van der Waals surface area contributed by atoms with Crippen molar-refractivity contribution >= 4 is 17.9 Å². The number of aliphatic carboxylic acids is 1. The van der Waals surface area contributed by atoms with Crippen LogP contribution in [0.15, 0.2) is 0 Å². The SMILES string of the molecule is NC(=O)NC(=O)CCN1CCC(CCC(=O)O)C1. The number of amides is 3. The molecule has 1 rings (SSSR count). The number of nitrogens with one attached hydrogen (secondary N) is 1. The lowest BCUT2D eigenvalue weighted by atomic mass is 10.0. The van der Waals surface area contributed by atoms with E-state index in [0.29, 0.717) is 18.9 Å². The van der Waals surface area contributed by atoms with E-state index in [-0.39, 0.29) is 18.7 Å². The predicted molar refractivity (Wildman–Crippen MR) is 63.8 cm³/mol. The first-order valence-electron chi connectivity index (χ1n) is 6.01. The van der Waals surface area contributed by atoms with Gasteiger partial charge in [-0.15, -0.1) is 0 Å². The van der Waals surface area contributed by atoms with Crippen molar-refractivity contribution < 1.29 is 19.5 Å². The largest absolute Gasteiger partial charge is 0.481 e. The molecule has 0 aliphatic carbocycles. The van der Waals surface area contributed by atoms with Crippen LogP contribution in [0.5, 0.6) is 0 Å². The first kappa shape index (κ1) is 14.4. The molecule has 1 fully saturated rings. The molecule has 0 aromatic carbocycles. The summed E-state index contributed by atoms with van der Waals surface area (Å²) in [4.78, 5) is 34.2. The number of hydrogen-bond donors (Lipinski definition) is 3. The summed E-state index contributed by atoms with van der Waals surface area (Å²) in [6, 6.07) is -0.833. The van der Waals surface area contributed by atoms with Gasteiger partial charge in [0.15, 0.2) is 0 Å². The zero-order valence-electron chi connectivity index (χ0n) is 10.2. The molecule has 0 aromatic heterocycles. The molecule has 1 atom stereocenters. The van der Waals surface area contributed by atoms with E-state index >= 15 is 0 Å². The number of likely N-dealkylation sites (tertiary alicyclic amines) is 1. The number of carbonyl (C=O) groups is 3. The van der Waals surface area contributed by atoms with E-state index in [4.69, 9.17) is 10.8 Å². The maximum atomic E-state index is 11.2. The molecule has 0 spiro atoms. The number of urea groups is 1. The van der Waals surface area contributed by atoms with Crippen LogP contribution in [-0.2, 0) is 9.59 Å². The minimum absolute atomic E-state index is 0.195. The average Bonchev–Trinajstić information content (AvgIpc) is 2.70. The Labute approximate surface area is 105 Å². The van der Waals surface area contributed by atoms with E-state index in [2.05, 4.69) is 4.90 Å². The summed E-state index contributed by atoms with van der Waals surface area (Å²) in [5.74, 6) is -0.758. The van der Waals surface area contributed by atoms with Crippen molar-refractivity contribution in [3.63, 3.8) is 0 Å². The maximum Gasteiger partial charge on any atom is 0.318 e. The Kier molecular flexibility index (Phi) is 5.57. The van der Waals surface area contributed by atoms with Crippen LogP contribution in [0.3, 0.4) is 0 Å². The van der Waals surface area contributed by atoms with Crippen molar-refractivity contribution in [3.05, 3.63) is 0 Å². The average molecular weight is 257 g/mol. The second kappa shape index (κ2) is 6.95. The molecule has 1 unspecified atom stereocenters. The molecular weight excluding hydrogens is 238 g/mol. The minimum Gasteiger partial charge on any atom is -0.481 e. The number of nitrogens with two attached hydrogens (primary N) is 1. The highest BCUT2D eigenvalue weighted by atomic mass is 16.4. The Hall–Kier alpha value is -1.63. The molecule has 0 radical (unpaired) electrons. The lowest BCUT2D eigenvalue weighted by Gasteiger charge is -2.15. The van der Waals surface area contributed by atoms with Gasteiger partial charge in [0.05, 0.1) is 0 Å². The van der Waals surface area contributed by atoms with Crippen LogP contribution in [0.2, 0.25) is 0 Å². The second-order valence-electron chi connectivity index (χ2n) is 4.55. The standard InChI is InChI=1S/C11H19N3O4/c12-11(18)13-9(15)4-6-14-5-3-8(7-14)1-2-10(16)17/h8H,1-7H2,(H,16,17)(H3,12,13,15,18). The molecule has 0 aromatic rings. The third kappa shape index (κ3) is 5.62. The topological polar surface area (TPSA) is 113 Å². The molecule has 7 heteroatoms. The summed E-state index contributed by atoms with van der Waals surface area (Å²) in [6.45, 7) is 2.26. The lowest BCUT2D eigenvalue weighted by molar-refractivity contribution is -0.137. The molecule has 0 saturated carbocycles. The molecule has 1 aliphatic heterocycles. The molecule has 102 valence electrons. The Bertz CT molecular complexity index is 332. The van der Waals surface area contributed by atoms with Gasteiger partial charge in [0.25, 0.3) is 0 Å². The van der Waals surface area contributed by atoms with E-state index in [1.165, 1.54) is 0 Å². The van der Waals surface area contributed by atoms with Gasteiger partial charge < -0.3 is 15.7 Å². The third-order valence-electron chi connectivity index (χ3n) is 3.05. The summed E-state index contributed by atoms with van der Waals surface area (Å²) in [6.07, 6.45) is 2.07. The van der Waals surface area contributed by atoms with Crippen LogP contribution in [0.25, 0.3) is 0 Å². The van der Waals surface area contributed by atoms with Crippen molar-refractivity contribution in [2.75, 3.05) is 19.6 Å². The third-order valence-corrected chi connectivity index (χ3v) is 3.05. The van der Waals surface area contributed by atoms with Crippen LogP contribution in [0.1, 0.15) is 25.7 Å². The van der Waals surface area contributed by atoms with Crippen LogP contribution >= 0.6 is 0 Å². The first-order chi connectivity index (χ1) is 8.47. The van der Waals surface area contributed by atoms with Crippen molar-refractivity contribution in [3.8, 4) is 0 Å². The Balaban J connectivity index is 2.16. The van der Waals surface area contributed by atoms with Gasteiger partial charge in [-0.05, 0) is 25.3 Å². The Morgan fingerprint density at radius 2 is 2.06 bits per heavy atom. The van der Waals surface area contributed by atoms with Gasteiger partial charge in [0.2, 0.25) is 5.91 Å². The molecule has 1 aliphatic rings. The van der Waals surface area contributed by atoms with Crippen LogP contribution in [0, 0.1) is 5.92 Å². The zero-order valence-corrected chi connectivity index (χ0v) is 10.2. The number of nitrogens with zero attached hydrogens (tertiary/aromatic N) is 1. The van der Waals surface area contributed by atoms with Crippen molar-refractivity contribution in [1.82, 2.24) is 10.2 Å². The fourth-order valence-corrected chi connectivity index (χ4v) is 2.14. The first-order valence-corrected chi connectivity index (χ1v) is 6.01. The minimum atomic E-state index is -0.833. The van der Waals surface area contributed by atoms with Crippen molar-refractivity contribution in [2.45, 2.75) is 25.7 Å². The lowest BCUT2D eigenvalue weighted by Crippen LogP contribution is -2.37. The summed E-state index contributed by atoms with van der Waals surface area (Å²) < 4.78 is 0. The molecule has 3 amide bonds. The summed E-state index contributed by atoms with van der Waals surface area (Å²) in [7, 11) is 0. The van der Waals surface area contributed by atoms with Gasteiger partial charge in [0.1, 0.15) is 0 Å². The van der Waals surface area contributed by atoms with Gasteiger partial charge in [-0.2, -0.15) is 0 Å². The maximum absolute atomic E-state index is 11.2. The van der Waals surface area contributed by atoms with Crippen LogP contribution in [0.4, 0.5) is 4.79 Å². The fraction of sp³-hybridized carbons (Fsp3) is 0.727. The number of primary amides is 1. The van der Waals surface area contributed by atoms with Crippen LogP contribution < -0.4 is 11.1 Å². The van der Waals surface area contributed by atoms with Gasteiger partial charge in [0, 0.05) is 25.9 Å². The summed E-state index contributed by atoms with van der Waals surface area (Å²) in [5.41, 5.74) is 4.83. The summed E-state index contributed by atoms with van der Waals surface area (Å²) in [5, 5.41) is 10.6. The number of carbonyl (C=O) groups excluding carboxylic acids is 2. The molecule has 7 nitrogen and oxygen atoms in total. The quantitative estimate of drug-likeness (QED) is 0.607. The number of hydrogen-bond acceptors (Lipinski definition) is 4. The highest BCUT2D eigenvalue weighted by Gasteiger charge is 2.23. The Morgan fingerprint density at radius 1 is 1.33 bits per heavy atom. The fourth-order valence-electron chi connectivity index (χ4n) is 2.14. The van der Waals surface area contributed by atoms with E-state index in [1.807, 2.05) is 5.32 Å². The highest BCUT2D eigenvalue weighted by molar-refractivity contribution is 5.93. The molecule has 4 N–H and O–H groups in total. The number of carboxylic acid groups (broad SMARTS) is 1. The van der Waals surface area contributed by atoms with E-state index in [9.17, 15) is 14.4 Å². The number of carboxylic acids is 1.